The molecule has 3 N–H and O–H groups in total. The van der Waals surface area contributed by atoms with Gasteiger partial charge in [0.1, 0.15) is 17.9 Å². The Morgan fingerprint density at radius 1 is 1.30 bits per heavy atom. The second-order valence-corrected chi connectivity index (χ2v) is 4.93. The minimum atomic E-state index is 0.653. The molecule has 1 aliphatic rings. The van der Waals surface area contributed by atoms with Gasteiger partial charge in [-0.15, -0.1) is 0 Å². The molecule has 1 aliphatic carbocycles. The third-order valence-electron chi connectivity index (χ3n) is 3.63. The van der Waals surface area contributed by atoms with Crippen molar-refractivity contribution >= 4 is 11.5 Å². The largest absolute Gasteiger partial charge is 0.495 e. The van der Waals surface area contributed by atoms with Gasteiger partial charge >= 0.3 is 0 Å². The first-order valence-corrected chi connectivity index (χ1v) is 6.77. The average molecular weight is 270 g/mol. The summed E-state index contributed by atoms with van der Waals surface area (Å²) in [5.74, 6) is 1.65. The lowest BCUT2D eigenvalue weighted by Gasteiger charge is -2.11. The normalized spacial score (nSPS) is 13.1. The van der Waals surface area contributed by atoms with Crippen molar-refractivity contribution < 1.29 is 4.74 Å². The molecule has 2 aromatic rings. The van der Waals surface area contributed by atoms with Crippen LogP contribution in [0.3, 0.4) is 0 Å². The van der Waals surface area contributed by atoms with E-state index >= 15 is 0 Å². The number of aromatic nitrogens is 2. The number of anilines is 2. The quantitative estimate of drug-likeness (QED) is 0.833. The van der Waals surface area contributed by atoms with Crippen LogP contribution < -0.4 is 15.8 Å². The van der Waals surface area contributed by atoms with E-state index in [9.17, 15) is 0 Å². The number of nitrogen functional groups attached to an aromatic ring is 1. The predicted molar refractivity (Wildman–Crippen MR) is 78.8 cm³/mol. The minimum absolute atomic E-state index is 0.653. The Labute approximate surface area is 118 Å². The minimum Gasteiger partial charge on any atom is -0.495 e. The van der Waals surface area contributed by atoms with E-state index in [-0.39, 0.29) is 0 Å². The molecule has 0 saturated carbocycles. The van der Waals surface area contributed by atoms with Crippen molar-refractivity contribution in [3.63, 3.8) is 0 Å². The Morgan fingerprint density at radius 3 is 3.00 bits per heavy atom. The van der Waals surface area contributed by atoms with Crippen LogP contribution in [0.1, 0.15) is 23.2 Å². The van der Waals surface area contributed by atoms with Gasteiger partial charge in [0, 0.05) is 17.8 Å². The van der Waals surface area contributed by atoms with Gasteiger partial charge in [-0.1, -0.05) is 6.07 Å². The van der Waals surface area contributed by atoms with Crippen molar-refractivity contribution in [3.05, 3.63) is 41.3 Å². The molecule has 5 heteroatoms. The van der Waals surface area contributed by atoms with E-state index in [1.165, 1.54) is 11.3 Å². The average Bonchev–Trinajstić information content (AvgIpc) is 2.94. The molecule has 0 saturated heterocycles. The fourth-order valence-electron chi connectivity index (χ4n) is 2.59. The van der Waals surface area contributed by atoms with E-state index in [2.05, 4.69) is 15.3 Å². The van der Waals surface area contributed by atoms with E-state index < -0.39 is 0 Å². The van der Waals surface area contributed by atoms with Crippen LogP contribution in [0.25, 0.3) is 0 Å². The molecule has 0 bridgehead atoms. The zero-order valence-electron chi connectivity index (χ0n) is 11.5. The van der Waals surface area contributed by atoms with Gasteiger partial charge in [-0.2, -0.15) is 0 Å². The molecule has 104 valence electrons. The number of fused-ring (bicyclic) bond motifs is 1. The van der Waals surface area contributed by atoms with E-state index in [0.29, 0.717) is 18.0 Å². The fraction of sp³-hybridized carbons (Fsp3) is 0.333. The van der Waals surface area contributed by atoms with Gasteiger partial charge in [-0.3, -0.25) is 0 Å². The summed E-state index contributed by atoms with van der Waals surface area (Å²) in [5.41, 5.74) is 10.1. The lowest BCUT2D eigenvalue weighted by Crippen LogP contribution is -2.06. The number of hydrogen-bond donors (Lipinski definition) is 2. The summed E-state index contributed by atoms with van der Waals surface area (Å²) in [6, 6.07) is 5.81. The molecule has 0 amide bonds. The van der Waals surface area contributed by atoms with Crippen molar-refractivity contribution in [2.24, 2.45) is 0 Å². The molecular formula is C15H18N4O. The number of ether oxygens (including phenoxy) is 1. The van der Waals surface area contributed by atoms with Crippen LogP contribution in [0.4, 0.5) is 11.5 Å². The Morgan fingerprint density at radius 2 is 2.20 bits per heavy atom. The Hall–Kier alpha value is -2.30. The van der Waals surface area contributed by atoms with Crippen molar-refractivity contribution in [1.29, 1.82) is 0 Å². The maximum atomic E-state index is 5.91. The van der Waals surface area contributed by atoms with Gasteiger partial charge in [0.25, 0.3) is 0 Å². The van der Waals surface area contributed by atoms with E-state index in [4.69, 9.17) is 10.5 Å². The number of rotatable bonds is 4. The first-order valence-electron chi connectivity index (χ1n) is 6.77. The van der Waals surface area contributed by atoms with Gasteiger partial charge in [-0.05, 0) is 37.0 Å². The number of nitrogens with two attached hydrogens (primary N) is 1. The number of benzene rings is 1. The SMILES string of the molecule is COc1ccc(CNc2ncnc3c2CCC3)cc1N. The second kappa shape index (κ2) is 5.36. The molecular weight excluding hydrogens is 252 g/mol. The summed E-state index contributed by atoms with van der Waals surface area (Å²) in [5, 5.41) is 3.38. The molecule has 5 nitrogen and oxygen atoms in total. The Balaban J connectivity index is 1.74. The molecule has 0 atom stereocenters. The van der Waals surface area contributed by atoms with Crippen LogP contribution in [-0.2, 0) is 19.4 Å². The molecule has 3 rings (SSSR count). The number of aryl methyl sites for hydroxylation is 1. The Kier molecular flexibility index (Phi) is 3.41. The smallest absolute Gasteiger partial charge is 0.141 e. The summed E-state index contributed by atoms with van der Waals surface area (Å²) in [7, 11) is 1.62. The van der Waals surface area contributed by atoms with Crippen molar-refractivity contribution in [2.45, 2.75) is 25.8 Å². The molecule has 0 aliphatic heterocycles. The molecule has 20 heavy (non-hydrogen) atoms. The second-order valence-electron chi connectivity index (χ2n) is 4.93. The van der Waals surface area contributed by atoms with Crippen LogP contribution in [0.15, 0.2) is 24.5 Å². The van der Waals surface area contributed by atoms with Crippen LogP contribution in [0.5, 0.6) is 5.75 Å². The summed E-state index contributed by atoms with van der Waals surface area (Å²) in [6.07, 6.45) is 4.92. The third kappa shape index (κ3) is 2.39. The zero-order valence-corrected chi connectivity index (χ0v) is 11.5. The van der Waals surface area contributed by atoms with Gasteiger partial charge in [0.2, 0.25) is 0 Å². The Bertz CT molecular complexity index is 627. The van der Waals surface area contributed by atoms with Gasteiger partial charge < -0.3 is 15.8 Å². The molecule has 0 fully saturated rings. The van der Waals surface area contributed by atoms with E-state index in [1.54, 1.807) is 13.4 Å². The van der Waals surface area contributed by atoms with Crippen LogP contribution in [0, 0.1) is 0 Å². The maximum absolute atomic E-state index is 5.91. The lowest BCUT2D eigenvalue weighted by molar-refractivity contribution is 0.417. The predicted octanol–water partition coefficient (Wildman–Crippen LogP) is 2.17. The number of nitrogens with zero attached hydrogens (tertiary/aromatic N) is 2. The van der Waals surface area contributed by atoms with Crippen LogP contribution in [-0.4, -0.2) is 17.1 Å². The molecule has 1 aromatic heterocycles. The highest BCUT2D eigenvalue weighted by molar-refractivity contribution is 5.55. The van der Waals surface area contributed by atoms with Crippen LogP contribution in [0.2, 0.25) is 0 Å². The van der Waals surface area contributed by atoms with Gasteiger partial charge in [0.05, 0.1) is 12.8 Å². The molecule has 1 aromatic carbocycles. The van der Waals surface area contributed by atoms with E-state index in [0.717, 1.165) is 30.6 Å². The summed E-state index contributed by atoms with van der Waals surface area (Å²) >= 11 is 0. The van der Waals surface area contributed by atoms with Gasteiger partial charge in [-0.25, -0.2) is 9.97 Å². The van der Waals surface area contributed by atoms with E-state index in [1.807, 2.05) is 18.2 Å². The van der Waals surface area contributed by atoms with Crippen molar-refractivity contribution in [1.82, 2.24) is 9.97 Å². The van der Waals surface area contributed by atoms with Crippen LogP contribution >= 0.6 is 0 Å². The number of nitrogens with one attached hydrogen (secondary N) is 1. The molecule has 0 radical (unpaired) electrons. The number of hydrogen-bond acceptors (Lipinski definition) is 5. The maximum Gasteiger partial charge on any atom is 0.141 e. The zero-order chi connectivity index (χ0) is 13.9. The van der Waals surface area contributed by atoms with Gasteiger partial charge in [0.15, 0.2) is 0 Å². The summed E-state index contributed by atoms with van der Waals surface area (Å²) < 4.78 is 5.16. The number of methoxy groups -OCH3 is 1. The first-order chi connectivity index (χ1) is 9.78. The summed E-state index contributed by atoms with van der Waals surface area (Å²) in [4.78, 5) is 8.67. The monoisotopic (exact) mass is 270 g/mol. The third-order valence-corrected chi connectivity index (χ3v) is 3.63. The fourth-order valence-corrected chi connectivity index (χ4v) is 2.59. The van der Waals surface area contributed by atoms with Crippen molar-refractivity contribution in [2.75, 3.05) is 18.2 Å². The molecule has 0 unspecified atom stereocenters. The lowest BCUT2D eigenvalue weighted by atomic mass is 10.2. The highest BCUT2D eigenvalue weighted by atomic mass is 16.5. The van der Waals surface area contributed by atoms with Crippen molar-refractivity contribution in [3.8, 4) is 5.75 Å². The standard InChI is InChI=1S/C15H18N4O/c1-20-14-6-5-10(7-12(14)16)8-17-15-11-3-2-4-13(11)18-9-19-15/h5-7,9H,2-4,8,16H2,1H3,(H,17,18,19). The molecule has 1 heterocycles. The highest BCUT2D eigenvalue weighted by Crippen LogP contribution is 2.26. The topological polar surface area (TPSA) is 73.1 Å². The first kappa shape index (κ1) is 12.7. The summed E-state index contributed by atoms with van der Waals surface area (Å²) in [6.45, 7) is 0.692. The molecule has 0 spiro atoms. The highest BCUT2D eigenvalue weighted by Gasteiger charge is 2.16.